The van der Waals surface area contributed by atoms with Gasteiger partial charge in [-0.2, -0.15) is 0 Å². The molecule has 0 amide bonds. The highest BCUT2D eigenvalue weighted by Gasteiger charge is 2.35. The zero-order chi connectivity index (χ0) is 23.2. The summed E-state index contributed by atoms with van der Waals surface area (Å²) in [4.78, 5) is 0. The van der Waals surface area contributed by atoms with Gasteiger partial charge in [-0.15, -0.1) is 0 Å². The third-order valence-electron chi connectivity index (χ3n) is 7.09. The van der Waals surface area contributed by atoms with Crippen LogP contribution in [0.15, 0.2) is 42.5 Å². The lowest BCUT2D eigenvalue weighted by Gasteiger charge is -2.40. The quantitative estimate of drug-likeness (QED) is 0.362. The Morgan fingerprint density at radius 2 is 1.21 bits per heavy atom. The molecule has 2 aliphatic carbocycles. The third kappa shape index (κ3) is 6.13. The highest BCUT2D eigenvalue weighted by atomic mass is 31.1. The summed E-state index contributed by atoms with van der Waals surface area (Å²) < 4.78 is 13.1. The van der Waals surface area contributed by atoms with E-state index >= 15 is 0 Å². The van der Waals surface area contributed by atoms with E-state index in [-0.39, 0.29) is 20.1 Å². The second kappa shape index (κ2) is 11.7. The Bertz CT molecular complexity index is 846. The average molecular weight is 467 g/mol. The Kier molecular flexibility index (Phi) is 8.75. The SMILES string of the molecule is CC(C)Oc1ccc(P(C2CCCCC2)C2CCCCC2)c(OC(C)C)c1-c1ccccc1. The maximum absolute atomic E-state index is 6.75. The third-order valence-corrected chi connectivity index (χ3v) is 10.6. The van der Waals surface area contributed by atoms with Gasteiger partial charge in [0.25, 0.3) is 0 Å². The van der Waals surface area contributed by atoms with Crippen molar-refractivity contribution in [2.24, 2.45) is 0 Å². The van der Waals surface area contributed by atoms with Crippen LogP contribution in [-0.4, -0.2) is 23.5 Å². The van der Waals surface area contributed by atoms with E-state index in [1.54, 1.807) is 0 Å². The molecule has 2 fully saturated rings. The second-order valence-corrected chi connectivity index (χ2v) is 13.2. The molecule has 2 nitrogen and oxygen atoms in total. The van der Waals surface area contributed by atoms with Crippen molar-refractivity contribution < 1.29 is 9.47 Å². The average Bonchev–Trinajstić information content (AvgIpc) is 2.82. The summed E-state index contributed by atoms with van der Waals surface area (Å²) in [5.74, 6) is 2.06. The lowest BCUT2D eigenvalue weighted by molar-refractivity contribution is 0.232. The molecule has 2 saturated carbocycles. The first-order valence-electron chi connectivity index (χ1n) is 13.4. The molecular formula is C30H43O2P. The molecular weight excluding hydrogens is 423 g/mol. The minimum absolute atomic E-state index is 0.128. The van der Waals surface area contributed by atoms with Gasteiger partial charge in [0.1, 0.15) is 11.5 Å². The number of hydrogen-bond acceptors (Lipinski definition) is 2. The predicted octanol–water partition coefficient (Wildman–Crippen LogP) is 8.70. The maximum Gasteiger partial charge on any atom is 0.138 e. The largest absolute Gasteiger partial charge is 0.490 e. The maximum atomic E-state index is 6.75. The summed E-state index contributed by atoms with van der Waals surface area (Å²) in [5, 5.41) is 1.51. The fourth-order valence-electron chi connectivity index (χ4n) is 5.75. The monoisotopic (exact) mass is 466 g/mol. The molecule has 0 aromatic heterocycles. The van der Waals surface area contributed by atoms with Gasteiger partial charge in [-0.1, -0.05) is 76.8 Å². The molecule has 4 rings (SSSR count). The summed E-state index contributed by atoms with van der Waals surface area (Å²) in [7, 11) is -0.263. The first kappa shape index (κ1) is 24.6. The Morgan fingerprint density at radius 3 is 1.73 bits per heavy atom. The second-order valence-electron chi connectivity index (χ2n) is 10.5. The van der Waals surface area contributed by atoms with Crippen LogP contribution >= 0.6 is 7.92 Å². The zero-order valence-corrected chi connectivity index (χ0v) is 22.1. The molecule has 2 aromatic carbocycles. The smallest absolute Gasteiger partial charge is 0.138 e. The van der Waals surface area contributed by atoms with Crippen molar-refractivity contribution in [3.63, 3.8) is 0 Å². The number of hydrogen-bond donors (Lipinski definition) is 0. The molecule has 0 unspecified atom stereocenters. The Morgan fingerprint density at radius 1 is 0.667 bits per heavy atom. The van der Waals surface area contributed by atoms with E-state index in [0.717, 1.165) is 28.4 Å². The Hall–Kier alpha value is -1.53. The van der Waals surface area contributed by atoms with E-state index < -0.39 is 0 Å². The molecule has 2 aliphatic rings. The molecule has 0 spiro atoms. The normalized spacial score (nSPS) is 18.3. The minimum Gasteiger partial charge on any atom is -0.490 e. The highest BCUT2D eigenvalue weighted by molar-refractivity contribution is 7.67. The molecule has 3 heteroatoms. The van der Waals surface area contributed by atoms with Crippen molar-refractivity contribution in [3.05, 3.63) is 42.5 Å². The van der Waals surface area contributed by atoms with E-state index in [0.29, 0.717) is 0 Å². The van der Waals surface area contributed by atoms with Crippen LogP contribution in [0.5, 0.6) is 11.5 Å². The molecule has 0 N–H and O–H groups in total. The van der Waals surface area contributed by atoms with E-state index in [9.17, 15) is 0 Å². The van der Waals surface area contributed by atoms with E-state index in [2.05, 4.69) is 70.2 Å². The van der Waals surface area contributed by atoms with Gasteiger partial charge in [0.2, 0.25) is 0 Å². The summed E-state index contributed by atoms with van der Waals surface area (Å²) in [6.07, 6.45) is 14.3. The Balaban J connectivity index is 1.89. The molecule has 0 bridgehead atoms. The van der Waals surface area contributed by atoms with Crippen LogP contribution in [0.4, 0.5) is 0 Å². The van der Waals surface area contributed by atoms with E-state index in [4.69, 9.17) is 9.47 Å². The fourth-order valence-corrected chi connectivity index (χ4v) is 9.62. The fraction of sp³-hybridized carbons (Fsp3) is 0.600. The predicted molar refractivity (Wildman–Crippen MR) is 144 cm³/mol. The van der Waals surface area contributed by atoms with Crippen molar-refractivity contribution in [1.29, 1.82) is 0 Å². The van der Waals surface area contributed by atoms with Crippen molar-refractivity contribution in [3.8, 4) is 22.6 Å². The van der Waals surface area contributed by atoms with Crippen LogP contribution in [0.2, 0.25) is 0 Å². The van der Waals surface area contributed by atoms with Crippen molar-refractivity contribution in [2.45, 2.75) is 115 Å². The highest BCUT2D eigenvalue weighted by Crippen LogP contribution is 2.58. The standard InChI is InChI=1S/C30H43O2P/c1-22(2)31-27-20-21-28(30(32-23(3)4)29(27)24-14-8-5-9-15-24)33(25-16-10-6-11-17-25)26-18-12-7-13-19-26/h5,8-9,14-15,20-23,25-26H,6-7,10-13,16-19H2,1-4H3. The van der Waals surface area contributed by atoms with Crippen LogP contribution in [0.3, 0.4) is 0 Å². The summed E-state index contributed by atoms with van der Waals surface area (Å²) in [6, 6.07) is 15.4. The van der Waals surface area contributed by atoms with Gasteiger partial charge < -0.3 is 9.47 Å². The molecule has 33 heavy (non-hydrogen) atoms. The molecule has 0 aliphatic heterocycles. The summed E-state index contributed by atoms with van der Waals surface area (Å²) >= 11 is 0. The number of benzene rings is 2. The molecule has 0 heterocycles. The van der Waals surface area contributed by atoms with Gasteiger partial charge in [-0.3, -0.25) is 0 Å². The zero-order valence-electron chi connectivity index (χ0n) is 21.2. The van der Waals surface area contributed by atoms with Gasteiger partial charge in [0.15, 0.2) is 0 Å². The van der Waals surface area contributed by atoms with Crippen molar-refractivity contribution >= 4 is 13.2 Å². The summed E-state index contributed by atoms with van der Waals surface area (Å²) in [6.45, 7) is 8.56. The number of ether oxygens (including phenoxy) is 2. The molecule has 2 aromatic rings. The van der Waals surface area contributed by atoms with Crippen molar-refractivity contribution in [1.82, 2.24) is 0 Å². The van der Waals surface area contributed by atoms with Gasteiger partial charge in [-0.25, -0.2) is 0 Å². The van der Waals surface area contributed by atoms with E-state index in [1.807, 2.05) is 0 Å². The molecule has 0 saturated heterocycles. The molecule has 180 valence electrons. The topological polar surface area (TPSA) is 18.5 Å². The van der Waals surface area contributed by atoms with Crippen LogP contribution in [-0.2, 0) is 0 Å². The lowest BCUT2D eigenvalue weighted by atomic mass is 9.99. The molecule has 0 radical (unpaired) electrons. The van der Waals surface area contributed by atoms with E-state index in [1.165, 1.54) is 75.1 Å². The van der Waals surface area contributed by atoms with Gasteiger partial charge in [0, 0.05) is 5.30 Å². The van der Waals surface area contributed by atoms with Crippen LogP contribution in [0.1, 0.15) is 91.9 Å². The van der Waals surface area contributed by atoms with Crippen LogP contribution in [0.25, 0.3) is 11.1 Å². The minimum atomic E-state index is -0.263. The van der Waals surface area contributed by atoms with Crippen molar-refractivity contribution in [2.75, 3.05) is 0 Å². The first-order valence-corrected chi connectivity index (χ1v) is 14.9. The summed E-state index contributed by atoms with van der Waals surface area (Å²) in [5.41, 5.74) is 4.04. The Labute approximate surface area is 203 Å². The van der Waals surface area contributed by atoms with Gasteiger partial charge in [-0.05, 0) is 82.4 Å². The van der Waals surface area contributed by atoms with Crippen LogP contribution < -0.4 is 14.8 Å². The number of rotatable bonds is 8. The van der Waals surface area contributed by atoms with Gasteiger partial charge >= 0.3 is 0 Å². The van der Waals surface area contributed by atoms with Crippen LogP contribution in [0, 0.1) is 0 Å². The molecule has 0 atom stereocenters. The first-order chi connectivity index (χ1) is 16.0. The lowest BCUT2D eigenvalue weighted by Crippen LogP contribution is -2.28. The van der Waals surface area contributed by atoms with Gasteiger partial charge in [0.05, 0.1) is 17.8 Å².